The molecule has 0 fully saturated rings. The molecule has 0 rings (SSSR count). The topological polar surface area (TPSA) is 117 Å². The number of nitrogens with two attached hydrogens (primary N) is 1. The van der Waals surface area contributed by atoms with Crippen LogP contribution in [0.3, 0.4) is 0 Å². The van der Waals surface area contributed by atoms with E-state index in [4.69, 9.17) is 24.3 Å². The summed E-state index contributed by atoms with van der Waals surface area (Å²) in [6.45, 7) is 4.17. The van der Waals surface area contributed by atoms with Crippen LogP contribution in [-0.2, 0) is 27.9 Å². The van der Waals surface area contributed by atoms with Gasteiger partial charge >= 0.3 is 13.8 Å². The monoisotopic (exact) mass is 726 g/mol. The van der Waals surface area contributed by atoms with Crippen molar-refractivity contribution in [1.82, 2.24) is 0 Å². The molecule has 0 aliphatic carbocycles. The number of esters is 1. The number of carbonyl (C=O) groups excluding carboxylic acids is 1. The van der Waals surface area contributed by atoms with Crippen LogP contribution < -0.4 is 5.73 Å². The van der Waals surface area contributed by atoms with Crippen molar-refractivity contribution in [2.75, 3.05) is 26.4 Å². The van der Waals surface area contributed by atoms with Crippen molar-refractivity contribution >= 4 is 13.8 Å². The minimum Gasteiger partial charge on any atom is -0.498 e. The van der Waals surface area contributed by atoms with E-state index in [2.05, 4.69) is 50.3 Å². The van der Waals surface area contributed by atoms with Crippen LogP contribution in [0.4, 0.5) is 0 Å². The van der Waals surface area contributed by atoms with Gasteiger partial charge in [-0.15, -0.1) is 0 Å². The van der Waals surface area contributed by atoms with Crippen LogP contribution in [0.2, 0.25) is 0 Å². The fourth-order valence-electron chi connectivity index (χ4n) is 5.28. The van der Waals surface area contributed by atoms with Crippen LogP contribution in [0, 0.1) is 0 Å². The Morgan fingerprint density at radius 3 is 1.64 bits per heavy atom. The molecule has 0 aromatic carbocycles. The third kappa shape index (κ3) is 37.6. The summed E-state index contributed by atoms with van der Waals surface area (Å²) in [6.07, 6.45) is 45.0. The number of hydrogen-bond donors (Lipinski definition) is 2. The zero-order chi connectivity index (χ0) is 36.6. The third-order valence-corrected chi connectivity index (χ3v) is 9.27. The molecule has 0 heterocycles. The van der Waals surface area contributed by atoms with Crippen LogP contribution in [0.1, 0.15) is 174 Å². The Labute approximate surface area is 307 Å². The average molecular weight is 726 g/mol. The lowest BCUT2D eigenvalue weighted by Crippen LogP contribution is -2.27. The molecular formula is C41H76NO7P. The molecule has 0 aliphatic heterocycles. The number of phosphoric ester groups is 1. The van der Waals surface area contributed by atoms with E-state index in [0.29, 0.717) is 0 Å². The summed E-state index contributed by atoms with van der Waals surface area (Å²) in [5, 5.41) is 0. The molecule has 0 saturated heterocycles. The molecule has 3 N–H and O–H groups in total. The SMILES string of the molecule is CCCCCC=CCC=CCCCCCCCC(=O)O[C@H](COC=CCCCCCCCCC=CCCCCCC)COP(=O)(O)OCCN. The Morgan fingerprint density at radius 1 is 0.620 bits per heavy atom. The summed E-state index contributed by atoms with van der Waals surface area (Å²) in [5.74, 6) is -0.369. The zero-order valence-electron chi connectivity index (χ0n) is 32.1. The molecule has 0 aromatic heterocycles. The van der Waals surface area contributed by atoms with Crippen LogP contribution in [-0.4, -0.2) is 43.3 Å². The Bertz CT molecular complexity index is 905. The first kappa shape index (κ1) is 48.3. The first-order chi connectivity index (χ1) is 24.4. The van der Waals surface area contributed by atoms with Gasteiger partial charge in [-0.25, -0.2) is 4.57 Å². The van der Waals surface area contributed by atoms with Crippen LogP contribution >= 0.6 is 7.82 Å². The van der Waals surface area contributed by atoms with Crippen molar-refractivity contribution in [3.63, 3.8) is 0 Å². The van der Waals surface area contributed by atoms with Crippen molar-refractivity contribution in [3.05, 3.63) is 48.8 Å². The number of rotatable bonds is 38. The Hall–Kier alpha value is -1.70. The summed E-state index contributed by atoms with van der Waals surface area (Å²) in [4.78, 5) is 22.4. The van der Waals surface area contributed by atoms with E-state index in [1.807, 2.05) is 6.08 Å². The van der Waals surface area contributed by atoms with E-state index >= 15 is 0 Å². The van der Waals surface area contributed by atoms with Gasteiger partial charge < -0.3 is 20.1 Å². The molecule has 50 heavy (non-hydrogen) atoms. The number of unbranched alkanes of at least 4 members (excludes halogenated alkanes) is 19. The fraction of sp³-hybridized carbons (Fsp3) is 0.780. The average Bonchev–Trinajstić information content (AvgIpc) is 3.10. The molecule has 2 atom stereocenters. The van der Waals surface area contributed by atoms with E-state index in [1.165, 1.54) is 96.3 Å². The maximum Gasteiger partial charge on any atom is 0.472 e. The predicted molar refractivity (Wildman–Crippen MR) is 210 cm³/mol. The second-order valence-corrected chi connectivity index (χ2v) is 14.7. The minimum absolute atomic E-state index is 0.0223. The van der Waals surface area contributed by atoms with E-state index in [-0.39, 0.29) is 38.8 Å². The number of carbonyl (C=O) groups is 1. The van der Waals surface area contributed by atoms with Gasteiger partial charge in [0.25, 0.3) is 0 Å². The lowest BCUT2D eigenvalue weighted by molar-refractivity contribution is -0.153. The summed E-state index contributed by atoms with van der Waals surface area (Å²) in [6, 6.07) is 0. The highest BCUT2D eigenvalue weighted by Gasteiger charge is 2.25. The van der Waals surface area contributed by atoms with E-state index in [1.54, 1.807) is 6.26 Å². The second-order valence-electron chi connectivity index (χ2n) is 13.2. The lowest BCUT2D eigenvalue weighted by Gasteiger charge is -2.19. The van der Waals surface area contributed by atoms with Crippen molar-refractivity contribution in [2.45, 2.75) is 180 Å². The van der Waals surface area contributed by atoms with Gasteiger partial charge in [0.15, 0.2) is 6.10 Å². The Kier molecular flexibility index (Phi) is 37.2. The van der Waals surface area contributed by atoms with Gasteiger partial charge in [-0.1, -0.05) is 127 Å². The van der Waals surface area contributed by atoms with E-state index in [0.717, 1.165) is 57.8 Å². The van der Waals surface area contributed by atoms with Crippen LogP contribution in [0.5, 0.6) is 0 Å². The highest BCUT2D eigenvalue weighted by Crippen LogP contribution is 2.43. The van der Waals surface area contributed by atoms with Gasteiger partial charge in [-0.05, 0) is 83.1 Å². The van der Waals surface area contributed by atoms with Gasteiger partial charge in [0.05, 0.1) is 19.5 Å². The van der Waals surface area contributed by atoms with Crippen molar-refractivity contribution in [2.24, 2.45) is 5.73 Å². The van der Waals surface area contributed by atoms with Gasteiger partial charge in [-0.2, -0.15) is 0 Å². The summed E-state index contributed by atoms with van der Waals surface area (Å²) < 4.78 is 33.1. The van der Waals surface area contributed by atoms with Gasteiger partial charge in [0.1, 0.15) is 6.61 Å². The van der Waals surface area contributed by atoms with Crippen molar-refractivity contribution < 1.29 is 32.8 Å². The Morgan fingerprint density at radius 2 is 1.08 bits per heavy atom. The van der Waals surface area contributed by atoms with Gasteiger partial charge in [-0.3, -0.25) is 13.8 Å². The van der Waals surface area contributed by atoms with Crippen LogP contribution in [0.15, 0.2) is 48.8 Å². The zero-order valence-corrected chi connectivity index (χ0v) is 33.0. The number of allylic oxidation sites excluding steroid dienone is 7. The predicted octanol–water partition coefficient (Wildman–Crippen LogP) is 12.0. The highest BCUT2D eigenvalue weighted by molar-refractivity contribution is 7.47. The lowest BCUT2D eigenvalue weighted by atomic mass is 10.1. The first-order valence-electron chi connectivity index (χ1n) is 20.2. The molecule has 0 spiro atoms. The minimum atomic E-state index is -4.29. The molecule has 0 aliphatic rings. The molecule has 0 bridgehead atoms. The first-order valence-corrected chi connectivity index (χ1v) is 21.7. The Balaban J connectivity index is 4.16. The van der Waals surface area contributed by atoms with Gasteiger partial charge in [0.2, 0.25) is 0 Å². The van der Waals surface area contributed by atoms with E-state index < -0.39 is 13.9 Å². The highest BCUT2D eigenvalue weighted by atomic mass is 31.2. The molecule has 1 unspecified atom stereocenters. The molecular weight excluding hydrogens is 649 g/mol. The number of ether oxygens (including phenoxy) is 2. The molecule has 0 amide bonds. The second kappa shape index (κ2) is 38.5. The smallest absolute Gasteiger partial charge is 0.472 e. The molecule has 8 nitrogen and oxygen atoms in total. The van der Waals surface area contributed by atoms with Gasteiger partial charge in [0, 0.05) is 13.0 Å². The molecule has 0 radical (unpaired) electrons. The maximum atomic E-state index is 12.5. The number of hydrogen-bond acceptors (Lipinski definition) is 7. The quantitative estimate of drug-likeness (QED) is 0.0212. The van der Waals surface area contributed by atoms with E-state index in [9.17, 15) is 14.3 Å². The van der Waals surface area contributed by atoms with Crippen LogP contribution in [0.25, 0.3) is 0 Å². The standard InChI is InChI=1S/C41H76NO7P/c1-3-5-7-9-11-13-15-17-19-21-23-25-27-29-31-33-36-46-38-40(39-48-50(44,45)47-37-35-42)49-41(43)34-32-30-28-26-24-22-20-18-16-14-12-10-8-6-4-2/h12-15,18,20,33,36,40H,3-11,16-17,19,21-32,34-35,37-39,42H2,1-2H3,(H,44,45)/t40-/m1/s1. The van der Waals surface area contributed by atoms with Crippen molar-refractivity contribution in [1.29, 1.82) is 0 Å². The summed E-state index contributed by atoms with van der Waals surface area (Å²) >= 11 is 0. The van der Waals surface area contributed by atoms with Crippen molar-refractivity contribution in [3.8, 4) is 0 Å². The third-order valence-electron chi connectivity index (χ3n) is 8.28. The molecule has 9 heteroatoms. The fourth-order valence-corrected chi connectivity index (χ4v) is 6.04. The number of phosphoric acid groups is 1. The molecule has 0 aromatic rings. The summed E-state index contributed by atoms with van der Waals surface area (Å²) in [5.41, 5.74) is 5.35. The molecule has 292 valence electrons. The maximum absolute atomic E-state index is 12.5. The summed E-state index contributed by atoms with van der Waals surface area (Å²) in [7, 11) is -4.29. The largest absolute Gasteiger partial charge is 0.498 e. The molecule has 0 saturated carbocycles. The normalized spacial score (nSPS) is 14.0.